The van der Waals surface area contributed by atoms with E-state index in [0.717, 1.165) is 33.2 Å². The predicted octanol–water partition coefficient (Wildman–Crippen LogP) is 5.62. The van der Waals surface area contributed by atoms with Crippen molar-refractivity contribution in [2.24, 2.45) is 5.92 Å². The van der Waals surface area contributed by atoms with Gasteiger partial charge in [-0.25, -0.2) is 0 Å². The molecular formula is C28H31NO5. The fraction of sp³-hybridized carbons (Fsp3) is 0.357. The Morgan fingerprint density at radius 3 is 2.50 bits per heavy atom. The number of likely N-dealkylation sites (tertiary alicyclic amines) is 1. The Morgan fingerprint density at radius 1 is 1.15 bits per heavy atom. The minimum absolute atomic E-state index is 0.0608. The van der Waals surface area contributed by atoms with E-state index in [9.17, 15) is 9.59 Å². The standard InChI is InChI=1S/C28H31NO5/c1-5-33-25-16-26-23(24(17-34-26)20-8-6-18(2)7-9-20)15-22(25)19(3)14-27(30)29-12-10-21(11-13-29)28(31)32-4/h6-9,14-17,21H,5,10-13H2,1-4H3/b19-14+. The third-order valence-electron chi connectivity index (χ3n) is 6.44. The van der Waals surface area contributed by atoms with Gasteiger partial charge < -0.3 is 18.8 Å². The number of fused-ring (bicyclic) bond motifs is 1. The molecule has 4 rings (SSSR count). The molecule has 1 aromatic heterocycles. The van der Waals surface area contributed by atoms with Crippen molar-refractivity contribution >= 4 is 28.4 Å². The monoisotopic (exact) mass is 461 g/mol. The lowest BCUT2D eigenvalue weighted by molar-refractivity contribution is -0.148. The first kappa shape index (κ1) is 23.6. The van der Waals surface area contributed by atoms with Crippen LogP contribution >= 0.6 is 0 Å². The van der Waals surface area contributed by atoms with E-state index in [4.69, 9.17) is 13.9 Å². The molecule has 1 fully saturated rings. The number of ether oxygens (including phenoxy) is 2. The van der Waals surface area contributed by atoms with Gasteiger partial charge in [0, 0.05) is 41.7 Å². The van der Waals surface area contributed by atoms with Crippen LogP contribution in [0.2, 0.25) is 0 Å². The van der Waals surface area contributed by atoms with E-state index < -0.39 is 0 Å². The first-order chi connectivity index (χ1) is 16.4. The quantitative estimate of drug-likeness (QED) is 0.352. The molecule has 2 heterocycles. The molecule has 0 unspecified atom stereocenters. The first-order valence-electron chi connectivity index (χ1n) is 11.7. The minimum atomic E-state index is -0.196. The van der Waals surface area contributed by atoms with Gasteiger partial charge in [0.15, 0.2) is 0 Å². The number of allylic oxidation sites excluding steroid dienone is 1. The van der Waals surface area contributed by atoms with Crippen LogP contribution in [0, 0.1) is 12.8 Å². The zero-order valence-corrected chi connectivity index (χ0v) is 20.2. The van der Waals surface area contributed by atoms with Crippen LogP contribution in [0.5, 0.6) is 5.75 Å². The molecule has 1 aliphatic rings. The molecule has 3 aromatic rings. The number of amides is 1. The van der Waals surface area contributed by atoms with Crippen molar-refractivity contribution in [1.29, 1.82) is 0 Å². The van der Waals surface area contributed by atoms with Gasteiger partial charge in [0.05, 0.1) is 25.9 Å². The number of carbonyl (C=O) groups excluding carboxylic acids is 2. The molecular weight excluding hydrogens is 430 g/mol. The average Bonchev–Trinajstić information content (AvgIpc) is 3.26. The fourth-order valence-electron chi connectivity index (χ4n) is 4.45. The van der Waals surface area contributed by atoms with Crippen LogP contribution in [-0.2, 0) is 14.3 Å². The number of rotatable bonds is 6. The highest BCUT2D eigenvalue weighted by molar-refractivity contribution is 6.00. The molecule has 1 amide bonds. The number of hydrogen-bond acceptors (Lipinski definition) is 5. The second-order valence-electron chi connectivity index (χ2n) is 8.74. The molecule has 1 aliphatic heterocycles. The van der Waals surface area contributed by atoms with E-state index in [1.54, 1.807) is 17.2 Å². The Hall–Kier alpha value is -3.54. The van der Waals surface area contributed by atoms with E-state index in [-0.39, 0.29) is 17.8 Å². The molecule has 6 heteroatoms. The highest BCUT2D eigenvalue weighted by Crippen LogP contribution is 2.37. The number of carbonyl (C=O) groups is 2. The summed E-state index contributed by atoms with van der Waals surface area (Å²) in [6.45, 7) is 7.51. The van der Waals surface area contributed by atoms with Gasteiger partial charge in [0.25, 0.3) is 0 Å². The summed E-state index contributed by atoms with van der Waals surface area (Å²) < 4.78 is 16.6. The van der Waals surface area contributed by atoms with Gasteiger partial charge in [0.1, 0.15) is 11.3 Å². The van der Waals surface area contributed by atoms with Gasteiger partial charge in [-0.05, 0) is 50.8 Å². The molecule has 1 saturated heterocycles. The van der Waals surface area contributed by atoms with Gasteiger partial charge in [-0.3, -0.25) is 9.59 Å². The number of nitrogens with zero attached hydrogens (tertiary/aromatic N) is 1. The summed E-state index contributed by atoms with van der Waals surface area (Å²) in [7, 11) is 1.41. The lowest BCUT2D eigenvalue weighted by Crippen LogP contribution is -2.39. The summed E-state index contributed by atoms with van der Waals surface area (Å²) >= 11 is 0. The Kier molecular flexibility index (Phi) is 7.06. The lowest BCUT2D eigenvalue weighted by atomic mass is 9.96. The Labute approximate surface area is 200 Å². The number of furan rings is 1. The molecule has 178 valence electrons. The fourth-order valence-corrected chi connectivity index (χ4v) is 4.45. The van der Waals surface area contributed by atoms with Gasteiger partial charge in [-0.2, -0.15) is 0 Å². The molecule has 0 radical (unpaired) electrons. The smallest absolute Gasteiger partial charge is 0.308 e. The largest absolute Gasteiger partial charge is 0.493 e. The number of benzene rings is 2. The maximum Gasteiger partial charge on any atom is 0.308 e. The normalized spacial score (nSPS) is 14.9. The van der Waals surface area contributed by atoms with Gasteiger partial charge >= 0.3 is 5.97 Å². The van der Waals surface area contributed by atoms with Crippen LogP contribution in [0.1, 0.15) is 37.8 Å². The predicted molar refractivity (Wildman–Crippen MR) is 133 cm³/mol. The molecule has 6 nitrogen and oxygen atoms in total. The maximum absolute atomic E-state index is 13.0. The molecule has 0 bridgehead atoms. The van der Waals surface area contributed by atoms with E-state index in [1.165, 1.54) is 12.7 Å². The first-order valence-corrected chi connectivity index (χ1v) is 11.7. The number of methoxy groups -OCH3 is 1. The van der Waals surface area contributed by atoms with Crippen molar-refractivity contribution in [1.82, 2.24) is 4.90 Å². The van der Waals surface area contributed by atoms with Crippen LogP contribution in [0.3, 0.4) is 0 Å². The van der Waals surface area contributed by atoms with Crippen LogP contribution in [-0.4, -0.2) is 43.6 Å². The highest BCUT2D eigenvalue weighted by atomic mass is 16.5. The van der Waals surface area contributed by atoms with Crippen molar-refractivity contribution in [3.8, 4) is 16.9 Å². The second-order valence-corrected chi connectivity index (χ2v) is 8.74. The number of hydrogen-bond donors (Lipinski definition) is 0. The van der Waals surface area contributed by atoms with Crippen molar-refractivity contribution in [2.75, 3.05) is 26.8 Å². The summed E-state index contributed by atoms with van der Waals surface area (Å²) in [6, 6.07) is 12.3. The summed E-state index contributed by atoms with van der Waals surface area (Å²) in [4.78, 5) is 26.6. The molecule has 0 aliphatic carbocycles. The third-order valence-corrected chi connectivity index (χ3v) is 6.44. The SMILES string of the molecule is CCOc1cc2occ(-c3ccc(C)cc3)c2cc1/C(C)=C/C(=O)N1CCC(C(=O)OC)CC1. The minimum Gasteiger partial charge on any atom is -0.493 e. The highest BCUT2D eigenvalue weighted by Gasteiger charge is 2.27. The second kappa shape index (κ2) is 10.2. The Morgan fingerprint density at radius 2 is 1.85 bits per heavy atom. The number of aryl methyl sites for hydroxylation is 1. The average molecular weight is 462 g/mol. The zero-order valence-electron chi connectivity index (χ0n) is 20.2. The number of esters is 1. The van der Waals surface area contributed by atoms with Crippen LogP contribution < -0.4 is 4.74 Å². The van der Waals surface area contributed by atoms with Crippen LogP contribution in [0.15, 0.2) is 53.2 Å². The molecule has 0 N–H and O–H groups in total. The van der Waals surface area contributed by atoms with Gasteiger partial charge in [0.2, 0.25) is 5.91 Å². The van der Waals surface area contributed by atoms with Crippen molar-refractivity contribution < 1.29 is 23.5 Å². The molecule has 0 saturated carbocycles. The lowest BCUT2D eigenvalue weighted by Gasteiger charge is -2.30. The molecule has 34 heavy (non-hydrogen) atoms. The third kappa shape index (κ3) is 4.86. The van der Waals surface area contributed by atoms with Crippen molar-refractivity contribution in [3.63, 3.8) is 0 Å². The Balaban J connectivity index is 1.63. The zero-order chi connectivity index (χ0) is 24.2. The van der Waals surface area contributed by atoms with Gasteiger partial charge in [-0.15, -0.1) is 0 Å². The summed E-state index contributed by atoms with van der Waals surface area (Å²) in [5.74, 6) is 0.297. The van der Waals surface area contributed by atoms with Crippen LogP contribution in [0.25, 0.3) is 27.7 Å². The van der Waals surface area contributed by atoms with Crippen molar-refractivity contribution in [2.45, 2.75) is 33.6 Å². The molecule has 0 atom stereocenters. The van der Waals surface area contributed by atoms with Crippen molar-refractivity contribution in [3.05, 3.63) is 59.9 Å². The van der Waals surface area contributed by atoms with E-state index >= 15 is 0 Å². The van der Waals surface area contributed by atoms with E-state index in [0.29, 0.717) is 38.3 Å². The van der Waals surface area contributed by atoms with E-state index in [1.807, 2.05) is 26.0 Å². The Bertz CT molecular complexity index is 1210. The van der Waals surface area contributed by atoms with Crippen LogP contribution in [0.4, 0.5) is 0 Å². The van der Waals surface area contributed by atoms with E-state index in [2.05, 4.69) is 31.2 Å². The summed E-state index contributed by atoms with van der Waals surface area (Å²) in [6.07, 6.45) is 4.67. The molecule has 0 spiro atoms. The summed E-state index contributed by atoms with van der Waals surface area (Å²) in [5, 5.41) is 0.974. The maximum atomic E-state index is 13.0. The van der Waals surface area contributed by atoms with Gasteiger partial charge in [-0.1, -0.05) is 29.8 Å². The number of piperidine rings is 1. The molecule has 2 aromatic carbocycles. The summed E-state index contributed by atoms with van der Waals surface area (Å²) in [5.41, 5.74) is 5.70. The topological polar surface area (TPSA) is 69.0 Å².